The van der Waals surface area contributed by atoms with Crippen LogP contribution in [0.3, 0.4) is 0 Å². The SMILES string of the molecule is COCCOC(=O)c1ccc(F)cc1[N+](=O)[O-].COCCOC(=O)c1ccc(OCCOC)cc1[N+](=O)[O-]. The van der Waals surface area contributed by atoms with E-state index in [-0.39, 0.29) is 55.6 Å². The fourth-order valence-electron chi connectivity index (χ4n) is 2.59. The molecule has 15 heteroatoms. The number of ether oxygens (including phenoxy) is 6. The number of carbonyl (C=O) groups is 2. The first-order chi connectivity index (χ1) is 18.2. The second-order valence-corrected chi connectivity index (χ2v) is 6.95. The lowest BCUT2D eigenvalue weighted by atomic mass is 10.1. The van der Waals surface area contributed by atoms with Crippen molar-refractivity contribution >= 4 is 23.3 Å². The smallest absolute Gasteiger partial charge is 0.345 e. The Morgan fingerprint density at radius 1 is 0.711 bits per heavy atom. The number of nitrogens with zero attached hydrogens (tertiary/aromatic N) is 2. The lowest BCUT2D eigenvalue weighted by Crippen LogP contribution is -2.12. The van der Waals surface area contributed by atoms with Crippen LogP contribution < -0.4 is 4.74 Å². The van der Waals surface area contributed by atoms with Crippen LogP contribution >= 0.6 is 0 Å². The summed E-state index contributed by atoms with van der Waals surface area (Å²) in [5.41, 5.74) is -1.40. The largest absolute Gasteiger partial charge is 0.491 e. The summed E-state index contributed by atoms with van der Waals surface area (Å²) in [6, 6.07) is 6.60. The maximum absolute atomic E-state index is 12.8. The number of methoxy groups -OCH3 is 3. The third kappa shape index (κ3) is 10.8. The van der Waals surface area contributed by atoms with Gasteiger partial charge in [-0.3, -0.25) is 20.2 Å². The molecule has 0 heterocycles. The van der Waals surface area contributed by atoms with E-state index in [0.717, 1.165) is 12.1 Å². The van der Waals surface area contributed by atoms with Crippen LogP contribution in [0.2, 0.25) is 0 Å². The molecule has 0 aromatic heterocycles. The molecule has 0 aliphatic rings. The molecule has 0 aliphatic carbocycles. The van der Waals surface area contributed by atoms with E-state index >= 15 is 0 Å². The summed E-state index contributed by atoms with van der Waals surface area (Å²) in [6.45, 7) is 1.01. The molecule has 0 atom stereocenters. The third-order valence-electron chi connectivity index (χ3n) is 4.36. The van der Waals surface area contributed by atoms with Gasteiger partial charge < -0.3 is 28.4 Å². The molecule has 2 rings (SSSR count). The van der Waals surface area contributed by atoms with Crippen molar-refractivity contribution in [2.75, 3.05) is 61.0 Å². The molecule has 2 aromatic carbocycles. The predicted molar refractivity (Wildman–Crippen MR) is 128 cm³/mol. The lowest BCUT2D eigenvalue weighted by Gasteiger charge is -2.08. The average molecular weight is 542 g/mol. The quantitative estimate of drug-likeness (QED) is 0.148. The number of carbonyl (C=O) groups excluding carboxylic acids is 2. The number of hydrogen-bond donors (Lipinski definition) is 0. The van der Waals surface area contributed by atoms with Crippen LogP contribution in [-0.2, 0) is 23.7 Å². The van der Waals surface area contributed by atoms with Gasteiger partial charge in [-0.05, 0) is 24.3 Å². The monoisotopic (exact) mass is 542 g/mol. The maximum Gasteiger partial charge on any atom is 0.345 e. The van der Waals surface area contributed by atoms with Crippen molar-refractivity contribution in [3.63, 3.8) is 0 Å². The molecular weight excluding hydrogens is 515 g/mol. The number of rotatable bonds is 14. The van der Waals surface area contributed by atoms with Crippen LogP contribution in [0, 0.1) is 26.0 Å². The number of nitro groups is 2. The standard InChI is InChI=1S/C13H17NO7.C10H10FNO5/c1-18-5-7-20-10-3-4-11(12(9-10)14(16)17)13(15)21-8-6-19-2;1-16-4-5-17-10(13)8-3-2-7(11)6-9(8)12(14)15/h3-4,9H,5-8H2,1-2H3;2-3,6H,4-5H2,1H3. The Bertz CT molecular complexity index is 1100. The van der Waals surface area contributed by atoms with Gasteiger partial charge in [-0.25, -0.2) is 14.0 Å². The Morgan fingerprint density at radius 2 is 1.16 bits per heavy atom. The molecule has 0 unspecified atom stereocenters. The molecule has 38 heavy (non-hydrogen) atoms. The van der Waals surface area contributed by atoms with Crippen LogP contribution in [0.15, 0.2) is 36.4 Å². The Balaban J connectivity index is 0.000000389. The lowest BCUT2D eigenvalue weighted by molar-refractivity contribution is -0.385. The Morgan fingerprint density at radius 3 is 1.63 bits per heavy atom. The zero-order valence-corrected chi connectivity index (χ0v) is 20.9. The summed E-state index contributed by atoms with van der Waals surface area (Å²) in [7, 11) is 4.40. The van der Waals surface area contributed by atoms with Crippen molar-refractivity contribution in [1.29, 1.82) is 0 Å². The number of benzene rings is 2. The average Bonchev–Trinajstić information content (AvgIpc) is 2.89. The number of esters is 2. The number of hydrogen-bond acceptors (Lipinski definition) is 12. The van der Waals surface area contributed by atoms with Gasteiger partial charge >= 0.3 is 11.9 Å². The van der Waals surface area contributed by atoms with E-state index in [2.05, 4.69) is 4.74 Å². The van der Waals surface area contributed by atoms with Crippen molar-refractivity contribution in [3.8, 4) is 5.75 Å². The molecule has 0 N–H and O–H groups in total. The summed E-state index contributed by atoms with van der Waals surface area (Å²) in [5, 5.41) is 21.6. The fraction of sp³-hybridized carbons (Fsp3) is 0.391. The van der Waals surface area contributed by atoms with Gasteiger partial charge in [-0.1, -0.05) is 0 Å². The minimum Gasteiger partial charge on any atom is -0.491 e. The van der Waals surface area contributed by atoms with Gasteiger partial charge in [0.25, 0.3) is 11.4 Å². The summed E-state index contributed by atoms with van der Waals surface area (Å²) >= 11 is 0. The fourth-order valence-corrected chi connectivity index (χ4v) is 2.59. The second-order valence-electron chi connectivity index (χ2n) is 6.95. The highest BCUT2D eigenvalue weighted by Crippen LogP contribution is 2.25. The minimum atomic E-state index is -0.881. The molecule has 0 saturated heterocycles. The van der Waals surface area contributed by atoms with Crippen LogP contribution in [0.1, 0.15) is 20.7 Å². The normalized spacial score (nSPS) is 10.1. The van der Waals surface area contributed by atoms with Crippen LogP contribution in [0.5, 0.6) is 5.75 Å². The summed E-state index contributed by atoms with van der Waals surface area (Å²) in [5.74, 6) is -2.16. The van der Waals surface area contributed by atoms with Gasteiger partial charge in [0, 0.05) is 21.3 Å². The van der Waals surface area contributed by atoms with E-state index in [1.807, 2.05) is 0 Å². The van der Waals surface area contributed by atoms with Gasteiger partial charge in [0.05, 0.1) is 41.8 Å². The van der Waals surface area contributed by atoms with Gasteiger partial charge in [0.15, 0.2) is 0 Å². The van der Waals surface area contributed by atoms with Gasteiger partial charge in [-0.2, -0.15) is 0 Å². The number of nitro benzene ring substituents is 2. The molecule has 0 saturated carbocycles. The van der Waals surface area contributed by atoms with Crippen molar-refractivity contribution < 1.29 is 52.2 Å². The zero-order valence-electron chi connectivity index (χ0n) is 20.9. The molecule has 0 aliphatic heterocycles. The Hall–Kier alpha value is -4.21. The molecular formula is C23H27FN2O12. The summed E-state index contributed by atoms with van der Waals surface area (Å²) in [4.78, 5) is 43.4. The first-order valence-electron chi connectivity index (χ1n) is 10.8. The molecule has 0 bridgehead atoms. The molecule has 2 aromatic rings. The van der Waals surface area contributed by atoms with E-state index in [1.165, 1.54) is 39.5 Å². The highest BCUT2D eigenvalue weighted by molar-refractivity contribution is 5.94. The van der Waals surface area contributed by atoms with E-state index in [1.54, 1.807) is 0 Å². The highest BCUT2D eigenvalue weighted by Gasteiger charge is 2.23. The summed E-state index contributed by atoms with van der Waals surface area (Å²) in [6.07, 6.45) is 0. The minimum absolute atomic E-state index is 0.0239. The van der Waals surface area contributed by atoms with Crippen molar-refractivity contribution in [3.05, 3.63) is 73.6 Å². The van der Waals surface area contributed by atoms with Crippen molar-refractivity contribution in [2.24, 2.45) is 0 Å². The van der Waals surface area contributed by atoms with Crippen molar-refractivity contribution in [2.45, 2.75) is 0 Å². The topological polar surface area (TPSA) is 176 Å². The van der Waals surface area contributed by atoms with E-state index in [4.69, 9.17) is 23.7 Å². The Kier molecular flexibility index (Phi) is 14.5. The van der Waals surface area contributed by atoms with E-state index < -0.39 is 33.3 Å². The highest BCUT2D eigenvalue weighted by atomic mass is 19.1. The first-order valence-corrected chi connectivity index (χ1v) is 10.8. The van der Waals surface area contributed by atoms with Crippen molar-refractivity contribution in [1.82, 2.24) is 0 Å². The molecule has 208 valence electrons. The van der Waals surface area contributed by atoms with Crippen LogP contribution in [-0.4, -0.2) is 82.8 Å². The van der Waals surface area contributed by atoms with Crippen LogP contribution in [0.25, 0.3) is 0 Å². The van der Waals surface area contributed by atoms with E-state index in [0.29, 0.717) is 12.7 Å². The first kappa shape index (κ1) is 31.8. The second kappa shape index (κ2) is 17.3. The van der Waals surface area contributed by atoms with Gasteiger partial charge in [0.1, 0.15) is 42.5 Å². The van der Waals surface area contributed by atoms with E-state index in [9.17, 15) is 34.2 Å². The molecule has 14 nitrogen and oxygen atoms in total. The third-order valence-corrected chi connectivity index (χ3v) is 4.36. The molecule has 0 spiro atoms. The van der Waals surface area contributed by atoms with Gasteiger partial charge in [-0.15, -0.1) is 0 Å². The zero-order chi connectivity index (χ0) is 28.5. The predicted octanol–water partition coefficient (Wildman–Crippen LogP) is 2.96. The molecule has 0 amide bonds. The van der Waals surface area contributed by atoms with Gasteiger partial charge in [0.2, 0.25) is 0 Å². The maximum atomic E-state index is 12.8. The summed E-state index contributed by atoms with van der Waals surface area (Å²) < 4.78 is 41.9. The molecule has 0 fully saturated rings. The molecule has 0 radical (unpaired) electrons. The van der Waals surface area contributed by atoms with Crippen LogP contribution in [0.4, 0.5) is 15.8 Å². The number of halogens is 1. The Labute approximate surface area is 216 Å².